The molecule has 0 aliphatic carbocycles. The van der Waals surface area contributed by atoms with Crippen molar-refractivity contribution in [2.45, 2.75) is 33.1 Å². The summed E-state index contributed by atoms with van der Waals surface area (Å²) in [7, 11) is 0. The third-order valence-corrected chi connectivity index (χ3v) is 4.31. The zero-order chi connectivity index (χ0) is 16.9. The van der Waals surface area contributed by atoms with Gasteiger partial charge in [0.2, 0.25) is 17.6 Å². The first-order chi connectivity index (χ1) is 11.6. The van der Waals surface area contributed by atoms with Gasteiger partial charge in [0.1, 0.15) is 0 Å². The maximum absolute atomic E-state index is 11.9. The maximum atomic E-state index is 11.9. The molecular formula is C17H18N4O2S. The van der Waals surface area contributed by atoms with E-state index in [4.69, 9.17) is 4.52 Å². The number of thiazole rings is 1. The van der Waals surface area contributed by atoms with Crippen LogP contribution in [0.2, 0.25) is 0 Å². The molecule has 0 saturated carbocycles. The number of carbonyl (C=O) groups is 1. The quantitative estimate of drug-likeness (QED) is 0.737. The minimum Gasteiger partial charge on any atom is -0.339 e. The van der Waals surface area contributed by atoms with E-state index in [0.717, 1.165) is 11.3 Å². The Balaban J connectivity index is 1.48. The number of anilines is 1. The number of benzene rings is 1. The highest BCUT2D eigenvalue weighted by molar-refractivity contribution is 7.13. The molecule has 0 aliphatic rings. The van der Waals surface area contributed by atoms with Crippen molar-refractivity contribution < 1.29 is 9.32 Å². The fourth-order valence-corrected chi connectivity index (χ4v) is 2.87. The lowest BCUT2D eigenvalue weighted by molar-refractivity contribution is -0.116. The normalized spacial score (nSPS) is 10.8. The number of aromatic nitrogens is 3. The molecule has 2 aromatic heterocycles. The average molecular weight is 342 g/mol. The van der Waals surface area contributed by atoms with E-state index in [0.29, 0.717) is 36.1 Å². The van der Waals surface area contributed by atoms with Crippen molar-refractivity contribution in [3.05, 3.63) is 46.8 Å². The van der Waals surface area contributed by atoms with Crippen LogP contribution in [0.15, 0.2) is 34.2 Å². The highest BCUT2D eigenvalue weighted by atomic mass is 32.1. The second-order valence-corrected chi connectivity index (χ2v) is 6.43. The topological polar surface area (TPSA) is 80.9 Å². The molecule has 0 unspecified atom stereocenters. The molecule has 0 saturated heterocycles. The molecule has 0 spiro atoms. The fourth-order valence-electron chi connectivity index (χ4n) is 2.17. The van der Waals surface area contributed by atoms with Crippen molar-refractivity contribution in [2.24, 2.45) is 0 Å². The van der Waals surface area contributed by atoms with Gasteiger partial charge in [-0.15, -0.1) is 11.3 Å². The predicted octanol–water partition coefficient (Wildman–Crippen LogP) is 3.77. The summed E-state index contributed by atoms with van der Waals surface area (Å²) in [5, 5.41) is 9.32. The largest absolute Gasteiger partial charge is 0.339 e. The molecule has 124 valence electrons. The molecule has 0 aliphatic heterocycles. The number of aryl methyl sites for hydroxylation is 3. The lowest BCUT2D eigenvalue weighted by Gasteiger charge is -1.99. The van der Waals surface area contributed by atoms with Gasteiger partial charge in [-0.3, -0.25) is 4.79 Å². The summed E-state index contributed by atoms with van der Waals surface area (Å²) in [4.78, 5) is 20.4. The van der Waals surface area contributed by atoms with Gasteiger partial charge < -0.3 is 9.84 Å². The first kappa shape index (κ1) is 16.3. The van der Waals surface area contributed by atoms with Gasteiger partial charge in [0.15, 0.2) is 5.13 Å². The van der Waals surface area contributed by atoms with Crippen LogP contribution in [0, 0.1) is 13.8 Å². The number of nitrogens with zero attached hydrogens (tertiary/aromatic N) is 3. The van der Waals surface area contributed by atoms with E-state index in [1.54, 1.807) is 0 Å². The van der Waals surface area contributed by atoms with Gasteiger partial charge >= 0.3 is 0 Å². The summed E-state index contributed by atoms with van der Waals surface area (Å²) in [5.74, 6) is 1.07. The number of hydrogen-bond acceptors (Lipinski definition) is 6. The standard InChI is InChI=1S/C17H18N4O2S/c1-11-6-8-13(9-7-11)16-20-15(23-21-16)5-3-4-14(22)19-17-18-12(2)10-24-17/h6-10H,3-5H2,1-2H3,(H,18,19,22). The molecule has 1 aromatic carbocycles. The number of nitrogens with one attached hydrogen (secondary N) is 1. The SMILES string of the molecule is Cc1ccc(-c2noc(CCCC(=O)Nc3nc(C)cs3)n2)cc1. The molecule has 0 bridgehead atoms. The van der Waals surface area contributed by atoms with Crippen molar-refractivity contribution in [1.82, 2.24) is 15.1 Å². The van der Waals surface area contributed by atoms with Gasteiger partial charge in [0.05, 0.1) is 5.69 Å². The molecule has 24 heavy (non-hydrogen) atoms. The number of carbonyl (C=O) groups excluding carboxylic acids is 1. The van der Waals surface area contributed by atoms with Crippen LogP contribution in [0.4, 0.5) is 5.13 Å². The van der Waals surface area contributed by atoms with Crippen LogP contribution >= 0.6 is 11.3 Å². The van der Waals surface area contributed by atoms with E-state index in [1.807, 2.05) is 43.5 Å². The molecule has 3 rings (SSSR count). The predicted molar refractivity (Wildman–Crippen MR) is 92.9 cm³/mol. The summed E-state index contributed by atoms with van der Waals surface area (Å²) < 4.78 is 5.25. The van der Waals surface area contributed by atoms with Crippen molar-refractivity contribution in [3.63, 3.8) is 0 Å². The van der Waals surface area contributed by atoms with E-state index in [2.05, 4.69) is 20.4 Å². The molecule has 0 radical (unpaired) electrons. The van der Waals surface area contributed by atoms with Crippen LogP contribution in [0.5, 0.6) is 0 Å². The van der Waals surface area contributed by atoms with Gasteiger partial charge in [-0.2, -0.15) is 4.98 Å². The smallest absolute Gasteiger partial charge is 0.226 e. The highest BCUT2D eigenvalue weighted by Gasteiger charge is 2.10. The maximum Gasteiger partial charge on any atom is 0.226 e. The van der Waals surface area contributed by atoms with Crippen LogP contribution in [0.25, 0.3) is 11.4 Å². The Morgan fingerprint density at radius 1 is 1.21 bits per heavy atom. The number of hydrogen-bond donors (Lipinski definition) is 1. The van der Waals surface area contributed by atoms with Crippen LogP contribution in [0.1, 0.15) is 30.0 Å². The van der Waals surface area contributed by atoms with Crippen LogP contribution < -0.4 is 5.32 Å². The van der Waals surface area contributed by atoms with E-state index >= 15 is 0 Å². The first-order valence-corrected chi connectivity index (χ1v) is 8.60. The van der Waals surface area contributed by atoms with Gasteiger partial charge in [0, 0.05) is 23.8 Å². The zero-order valence-electron chi connectivity index (χ0n) is 13.6. The monoisotopic (exact) mass is 342 g/mol. The van der Waals surface area contributed by atoms with Gasteiger partial charge in [-0.25, -0.2) is 4.98 Å². The average Bonchev–Trinajstić information content (AvgIpc) is 3.17. The van der Waals surface area contributed by atoms with E-state index in [9.17, 15) is 4.79 Å². The molecule has 3 aromatic rings. The third-order valence-electron chi connectivity index (χ3n) is 3.44. The Labute approximate surface area is 143 Å². The summed E-state index contributed by atoms with van der Waals surface area (Å²) >= 11 is 1.43. The molecule has 0 atom stereocenters. The lowest BCUT2D eigenvalue weighted by Crippen LogP contribution is -2.11. The Bertz CT molecular complexity index is 823. The minimum atomic E-state index is -0.0531. The van der Waals surface area contributed by atoms with Crippen LogP contribution in [0.3, 0.4) is 0 Å². The van der Waals surface area contributed by atoms with Gasteiger partial charge in [0.25, 0.3) is 0 Å². The van der Waals surface area contributed by atoms with E-state index in [1.165, 1.54) is 16.9 Å². The minimum absolute atomic E-state index is 0.0531. The number of amides is 1. The Hall–Kier alpha value is -2.54. The third kappa shape index (κ3) is 4.26. The Morgan fingerprint density at radius 3 is 2.71 bits per heavy atom. The second kappa shape index (κ2) is 7.35. The van der Waals surface area contributed by atoms with Crippen LogP contribution in [-0.2, 0) is 11.2 Å². The number of rotatable bonds is 6. The van der Waals surface area contributed by atoms with Crippen molar-refractivity contribution in [3.8, 4) is 11.4 Å². The Morgan fingerprint density at radius 2 is 2.00 bits per heavy atom. The Kier molecular flexibility index (Phi) is 5.00. The molecular weight excluding hydrogens is 324 g/mol. The zero-order valence-corrected chi connectivity index (χ0v) is 14.4. The van der Waals surface area contributed by atoms with Crippen molar-refractivity contribution in [2.75, 3.05) is 5.32 Å². The van der Waals surface area contributed by atoms with Crippen molar-refractivity contribution in [1.29, 1.82) is 0 Å². The second-order valence-electron chi connectivity index (χ2n) is 5.57. The summed E-state index contributed by atoms with van der Waals surface area (Å²) in [6.45, 7) is 3.93. The molecule has 7 heteroatoms. The molecule has 1 N–H and O–H groups in total. The summed E-state index contributed by atoms with van der Waals surface area (Å²) in [6, 6.07) is 7.95. The fraction of sp³-hybridized carbons (Fsp3) is 0.294. The van der Waals surface area contributed by atoms with Crippen molar-refractivity contribution >= 4 is 22.4 Å². The highest BCUT2D eigenvalue weighted by Crippen LogP contribution is 2.18. The molecule has 0 fully saturated rings. The van der Waals surface area contributed by atoms with Gasteiger partial charge in [-0.1, -0.05) is 35.0 Å². The van der Waals surface area contributed by atoms with Gasteiger partial charge in [-0.05, 0) is 20.3 Å². The van der Waals surface area contributed by atoms with Crippen LogP contribution in [-0.4, -0.2) is 21.0 Å². The first-order valence-electron chi connectivity index (χ1n) is 7.72. The van der Waals surface area contributed by atoms with E-state index < -0.39 is 0 Å². The lowest BCUT2D eigenvalue weighted by atomic mass is 10.1. The summed E-state index contributed by atoms with van der Waals surface area (Å²) in [6.07, 6.45) is 1.61. The summed E-state index contributed by atoms with van der Waals surface area (Å²) in [5.41, 5.74) is 3.01. The molecule has 6 nitrogen and oxygen atoms in total. The molecule has 1 amide bonds. The molecule has 2 heterocycles. The van der Waals surface area contributed by atoms with E-state index in [-0.39, 0.29) is 5.91 Å².